The van der Waals surface area contributed by atoms with Gasteiger partial charge in [-0.2, -0.15) is 0 Å². The summed E-state index contributed by atoms with van der Waals surface area (Å²) in [5.74, 6) is 0. The zero-order valence-electron chi connectivity index (χ0n) is 22.3. The van der Waals surface area contributed by atoms with Gasteiger partial charge < -0.3 is 0 Å². The molecule has 0 bridgehead atoms. The first kappa shape index (κ1) is 25.6. The van der Waals surface area contributed by atoms with Crippen LogP contribution in [0.2, 0.25) is 0 Å². The zero-order valence-corrected chi connectivity index (χ0v) is 22.3. The number of nitrogens with zero attached hydrogens (tertiary/aromatic N) is 1. The Kier molecular flexibility index (Phi) is 7.61. The predicted molar refractivity (Wildman–Crippen MR) is 168 cm³/mol. The molecular weight excluding hydrogens is 470 g/mol. The standard InChI is InChI=1S/C38H31N/c1-5-12-27(2)28(3)29(4)30-17-19-31(20-18-30)32-21-23-33(24-22-32)36-25-37(34-13-8-6-9-14-34)39-38(26-36)35-15-10-7-11-16-35/h5-26H,2-4H2,1H3/b12-5-. The number of allylic oxidation sites excluding steroid dienone is 5. The van der Waals surface area contributed by atoms with Gasteiger partial charge in [0.15, 0.2) is 0 Å². The minimum Gasteiger partial charge on any atom is -0.248 e. The smallest absolute Gasteiger partial charge is 0.0715 e. The lowest BCUT2D eigenvalue weighted by molar-refractivity contribution is 1.32. The molecule has 1 heterocycles. The molecule has 0 radical (unpaired) electrons. The fourth-order valence-corrected chi connectivity index (χ4v) is 4.60. The summed E-state index contributed by atoms with van der Waals surface area (Å²) >= 11 is 0. The molecule has 39 heavy (non-hydrogen) atoms. The molecule has 4 aromatic carbocycles. The molecule has 1 nitrogen and oxygen atoms in total. The van der Waals surface area contributed by atoms with Crippen LogP contribution in [0.15, 0.2) is 164 Å². The molecule has 1 heteroatoms. The fourth-order valence-electron chi connectivity index (χ4n) is 4.60. The van der Waals surface area contributed by atoms with Crippen LogP contribution in [-0.2, 0) is 0 Å². The summed E-state index contributed by atoms with van der Waals surface area (Å²) in [6.07, 6.45) is 3.92. The average Bonchev–Trinajstić information content (AvgIpc) is 3.01. The summed E-state index contributed by atoms with van der Waals surface area (Å²) in [6, 6.07) is 42.2. The second kappa shape index (κ2) is 11.6. The number of rotatable bonds is 8. The van der Waals surface area contributed by atoms with Crippen molar-refractivity contribution in [2.45, 2.75) is 6.92 Å². The van der Waals surface area contributed by atoms with Crippen molar-refractivity contribution >= 4 is 5.57 Å². The van der Waals surface area contributed by atoms with Gasteiger partial charge in [0.05, 0.1) is 11.4 Å². The van der Waals surface area contributed by atoms with Crippen molar-refractivity contribution in [3.05, 3.63) is 170 Å². The van der Waals surface area contributed by atoms with Crippen molar-refractivity contribution in [1.29, 1.82) is 0 Å². The van der Waals surface area contributed by atoms with E-state index in [1.807, 2.05) is 31.2 Å². The number of aromatic nitrogens is 1. The largest absolute Gasteiger partial charge is 0.248 e. The van der Waals surface area contributed by atoms with E-state index in [9.17, 15) is 0 Å². The molecule has 0 saturated carbocycles. The summed E-state index contributed by atoms with van der Waals surface area (Å²) < 4.78 is 0. The lowest BCUT2D eigenvalue weighted by atomic mass is 9.93. The van der Waals surface area contributed by atoms with E-state index in [4.69, 9.17) is 4.98 Å². The summed E-state index contributed by atoms with van der Waals surface area (Å²) in [5, 5.41) is 0. The first-order valence-electron chi connectivity index (χ1n) is 13.1. The Labute approximate surface area is 231 Å². The molecule has 0 saturated heterocycles. The SMILES string of the molecule is C=C(/C=C\C)C(=C)C(=C)c1ccc(-c2ccc(-c3cc(-c4ccccc4)nc(-c4ccccc4)c3)cc2)cc1. The van der Waals surface area contributed by atoms with Crippen LogP contribution in [0.25, 0.3) is 50.3 Å². The lowest BCUT2D eigenvalue weighted by Crippen LogP contribution is -1.91. The number of hydrogen-bond acceptors (Lipinski definition) is 1. The molecule has 0 spiro atoms. The molecule has 0 aliphatic heterocycles. The Morgan fingerprint density at radius 3 is 1.44 bits per heavy atom. The summed E-state index contributed by atoms with van der Waals surface area (Å²) in [4.78, 5) is 5.00. The molecule has 0 fully saturated rings. The second-order valence-electron chi connectivity index (χ2n) is 9.50. The van der Waals surface area contributed by atoms with Gasteiger partial charge in [0, 0.05) is 11.1 Å². The van der Waals surface area contributed by atoms with E-state index >= 15 is 0 Å². The van der Waals surface area contributed by atoms with Crippen molar-refractivity contribution < 1.29 is 0 Å². The first-order valence-corrected chi connectivity index (χ1v) is 13.1. The van der Waals surface area contributed by atoms with Crippen LogP contribution in [0.5, 0.6) is 0 Å². The van der Waals surface area contributed by atoms with E-state index in [1.165, 1.54) is 0 Å². The van der Waals surface area contributed by atoms with E-state index in [-0.39, 0.29) is 0 Å². The molecule has 5 rings (SSSR count). The van der Waals surface area contributed by atoms with E-state index in [0.717, 1.165) is 67.1 Å². The Balaban J connectivity index is 1.44. The number of hydrogen-bond donors (Lipinski definition) is 0. The zero-order chi connectivity index (χ0) is 27.2. The molecule has 0 amide bonds. The van der Waals surface area contributed by atoms with Crippen molar-refractivity contribution in [2.75, 3.05) is 0 Å². The van der Waals surface area contributed by atoms with E-state index < -0.39 is 0 Å². The normalized spacial score (nSPS) is 10.9. The van der Waals surface area contributed by atoms with E-state index in [0.29, 0.717) is 0 Å². The summed E-state index contributed by atoms with van der Waals surface area (Å²) in [5.41, 5.74) is 12.4. The quantitative estimate of drug-likeness (QED) is 0.193. The van der Waals surface area contributed by atoms with E-state index in [1.54, 1.807) is 0 Å². The maximum absolute atomic E-state index is 5.00. The highest BCUT2D eigenvalue weighted by atomic mass is 14.7. The highest BCUT2D eigenvalue weighted by Crippen LogP contribution is 2.32. The summed E-state index contributed by atoms with van der Waals surface area (Å²) in [7, 11) is 0. The Hall–Kier alpha value is -5.01. The highest BCUT2D eigenvalue weighted by molar-refractivity contribution is 5.83. The third-order valence-electron chi connectivity index (χ3n) is 6.87. The van der Waals surface area contributed by atoms with Gasteiger partial charge in [0.25, 0.3) is 0 Å². The molecule has 0 N–H and O–H groups in total. The predicted octanol–water partition coefficient (Wildman–Crippen LogP) is 10.5. The minimum atomic E-state index is 0.854. The molecule has 0 unspecified atom stereocenters. The Bertz CT molecular complexity index is 1600. The third kappa shape index (κ3) is 5.79. The molecule has 0 aliphatic rings. The lowest BCUT2D eigenvalue weighted by Gasteiger charge is -2.12. The Morgan fingerprint density at radius 1 is 0.538 bits per heavy atom. The highest BCUT2D eigenvalue weighted by Gasteiger charge is 2.10. The molecule has 1 aromatic heterocycles. The van der Waals surface area contributed by atoms with Gasteiger partial charge in [0.1, 0.15) is 0 Å². The Morgan fingerprint density at radius 2 is 0.974 bits per heavy atom. The maximum atomic E-state index is 5.00. The van der Waals surface area contributed by atoms with Crippen LogP contribution in [0.4, 0.5) is 0 Å². The van der Waals surface area contributed by atoms with Crippen LogP contribution in [0, 0.1) is 0 Å². The van der Waals surface area contributed by atoms with Gasteiger partial charge in [-0.15, -0.1) is 0 Å². The van der Waals surface area contributed by atoms with Crippen LogP contribution < -0.4 is 0 Å². The molecule has 0 aliphatic carbocycles. The third-order valence-corrected chi connectivity index (χ3v) is 6.87. The van der Waals surface area contributed by atoms with Gasteiger partial charge in [-0.25, -0.2) is 4.98 Å². The van der Waals surface area contributed by atoms with Gasteiger partial charge in [-0.3, -0.25) is 0 Å². The second-order valence-corrected chi connectivity index (χ2v) is 9.50. The molecule has 0 atom stereocenters. The minimum absolute atomic E-state index is 0.854. The maximum Gasteiger partial charge on any atom is 0.0715 e. The van der Waals surface area contributed by atoms with Crippen LogP contribution >= 0.6 is 0 Å². The van der Waals surface area contributed by atoms with Gasteiger partial charge in [-0.05, 0) is 63.6 Å². The average molecular weight is 502 g/mol. The van der Waals surface area contributed by atoms with Crippen LogP contribution in [0.1, 0.15) is 12.5 Å². The van der Waals surface area contributed by atoms with Crippen molar-refractivity contribution in [2.24, 2.45) is 0 Å². The van der Waals surface area contributed by atoms with Gasteiger partial charge in [0.2, 0.25) is 0 Å². The molecular formula is C38H31N. The molecule has 5 aromatic rings. The van der Waals surface area contributed by atoms with Crippen LogP contribution in [0.3, 0.4) is 0 Å². The number of pyridine rings is 1. The topological polar surface area (TPSA) is 12.9 Å². The van der Waals surface area contributed by atoms with Gasteiger partial charge >= 0.3 is 0 Å². The van der Waals surface area contributed by atoms with Crippen molar-refractivity contribution in [1.82, 2.24) is 4.98 Å². The van der Waals surface area contributed by atoms with Crippen molar-refractivity contribution in [3.8, 4) is 44.8 Å². The summed E-state index contributed by atoms with van der Waals surface area (Å²) in [6.45, 7) is 14.5. The molecule has 188 valence electrons. The monoisotopic (exact) mass is 501 g/mol. The number of benzene rings is 4. The van der Waals surface area contributed by atoms with Gasteiger partial charge in [-0.1, -0.05) is 141 Å². The fraction of sp³-hybridized carbons (Fsp3) is 0.0263. The first-order chi connectivity index (χ1) is 19.0. The van der Waals surface area contributed by atoms with Crippen LogP contribution in [-0.4, -0.2) is 4.98 Å². The van der Waals surface area contributed by atoms with E-state index in [2.05, 4.69) is 129 Å². The van der Waals surface area contributed by atoms with Crippen molar-refractivity contribution in [3.63, 3.8) is 0 Å².